The summed E-state index contributed by atoms with van der Waals surface area (Å²) in [5.41, 5.74) is 2.03. The summed E-state index contributed by atoms with van der Waals surface area (Å²) in [6, 6.07) is 15.1. The maximum Gasteiger partial charge on any atom is 0.312 e. The van der Waals surface area contributed by atoms with E-state index in [1.165, 1.54) is 0 Å². The number of carbonyl (C=O) groups is 2. The van der Waals surface area contributed by atoms with E-state index in [0.29, 0.717) is 23.1 Å². The zero-order chi connectivity index (χ0) is 20.3. The second-order valence-electron chi connectivity index (χ2n) is 6.88. The molecule has 148 valence electrons. The lowest BCUT2D eigenvalue weighted by Crippen LogP contribution is -2.56. The summed E-state index contributed by atoms with van der Waals surface area (Å²) in [5, 5.41) is 10.3. The second-order valence-corrected chi connectivity index (χ2v) is 7.76. The molecule has 1 amide bonds. The maximum atomic E-state index is 12.5. The number of hydrogen-bond acceptors (Lipinski definition) is 3. The molecule has 2 aromatic carbocycles. The van der Waals surface area contributed by atoms with E-state index in [1.807, 2.05) is 48.5 Å². The van der Waals surface area contributed by atoms with E-state index < -0.39 is 12.4 Å². The number of rotatable bonds is 5. The van der Waals surface area contributed by atoms with Crippen LogP contribution in [0.15, 0.2) is 48.5 Å². The van der Waals surface area contributed by atoms with Gasteiger partial charge < -0.3 is 14.9 Å². The van der Waals surface area contributed by atoms with Gasteiger partial charge in [0.15, 0.2) is 0 Å². The molecule has 0 saturated carbocycles. The number of benzene rings is 2. The third-order valence-corrected chi connectivity index (χ3v) is 5.56. The van der Waals surface area contributed by atoms with Crippen LogP contribution < -0.4 is 4.90 Å². The van der Waals surface area contributed by atoms with E-state index in [4.69, 9.17) is 28.3 Å². The van der Waals surface area contributed by atoms with Crippen molar-refractivity contribution in [1.82, 2.24) is 4.90 Å². The van der Waals surface area contributed by atoms with Crippen LogP contribution in [0.25, 0.3) is 0 Å². The minimum Gasteiger partial charge on any atom is -0.481 e. The van der Waals surface area contributed by atoms with Crippen molar-refractivity contribution in [3.63, 3.8) is 0 Å². The molecule has 0 radical (unpaired) electrons. The number of carbonyl (C=O) groups excluding carboxylic acids is 1. The first-order valence-corrected chi connectivity index (χ1v) is 9.93. The molecule has 5 nitrogen and oxygen atoms in total. The lowest BCUT2D eigenvalue weighted by atomic mass is 9.96. The van der Waals surface area contributed by atoms with Crippen LogP contribution in [0.4, 0.5) is 5.69 Å². The van der Waals surface area contributed by atoms with Gasteiger partial charge in [0.25, 0.3) is 0 Å². The predicted octanol–water partition coefficient (Wildman–Crippen LogP) is 4.64. The van der Waals surface area contributed by atoms with E-state index >= 15 is 0 Å². The average Bonchev–Trinajstić information content (AvgIpc) is 2.68. The fraction of sp³-hybridized carbons (Fsp3) is 0.333. The predicted molar refractivity (Wildman–Crippen MR) is 111 cm³/mol. The number of anilines is 1. The zero-order valence-electron chi connectivity index (χ0n) is 15.5. The summed E-state index contributed by atoms with van der Waals surface area (Å²) < 4.78 is 0. The van der Waals surface area contributed by atoms with E-state index in [0.717, 1.165) is 17.7 Å². The molecule has 3 rings (SSSR count). The number of piperazine rings is 1. The molecule has 7 heteroatoms. The van der Waals surface area contributed by atoms with Crippen LogP contribution in [0.5, 0.6) is 0 Å². The van der Waals surface area contributed by atoms with Gasteiger partial charge in [0.05, 0.1) is 6.04 Å². The Balaban J connectivity index is 1.99. The summed E-state index contributed by atoms with van der Waals surface area (Å²) in [6.45, 7) is 2.96. The minimum absolute atomic E-state index is 0.0494. The van der Waals surface area contributed by atoms with Gasteiger partial charge in [-0.05, 0) is 48.4 Å². The van der Waals surface area contributed by atoms with E-state index in [2.05, 4.69) is 11.8 Å². The van der Waals surface area contributed by atoms with Crippen LogP contribution >= 0.6 is 23.2 Å². The molecule has 1 fully saturated rings. The smallest absolute Gasteiger partial charge is 0.312 e. The Hall–Kier alpha value is -2.24. The second kappa shape index (κ2) is 8.84. The first-order chi connectivity index (χ1) is 13.4. The first-order valence-electron chi connectivity index (χ1n) is 9.18. The molecule has 1 saturated heterocycles. The number of aliphatic carboxylic acids is 1. The van der Waals surface area contributed by atoms with Gasteiger partial charge in [-0.1, -0.05) is 42.3 Å². The van der Waals surface area contributed by atoms with Gasteiger partial charge in [0.1, 0.15) is 6.42 Å². The van der Waals surface area contributed by atoms with Crippen molar-refractivity contribution in [2.24, 2.45) is 0 Å². The number of halogens is 2. The van der Waals surface area contributed by atoms with Gasteiger partial charge in [-0.2, -0.15) is 0 Å². The van der Waals surface area contributed by atoms with Crippen LogP contribution in [0.1, 0.15) is 31.4 Å². The lowest BCUT2D eigenvalue weighted by Gasteiger charge is -2.48. The summed E-state index contributed by atoms with van der Waals surface area (Å²) >= 11 is 12.1. The van der Waals surface area contributed by atoms with Crippen LogP contribution in [0.3, 0.4) is 0 Å². The Morgan fingerprint density at radius 1 is 1.00 bits per heavy atom. The molecule has 0 aliphatic carbocycles. The third kappa shape index (κ3) is 4.59. The van der Waals surface area contributed by atoms with Crippen molar-refractivity contribution in [1.29, 1.82) is 0 Å². The van der Waals surface area contributed by atoms with E-state index in [9.17, 15) is 9.59 Å². The van der Waals surface area contributed by atoms with Crippen LogP contribution in [-0.2, 0) is 9.59 Å². The summed E-state index contributed by atoms with van der Waals surface area (Å²) in [4.78, 5) is 27.5. The van der Waals surface area contributed by atoms with E-state index in [-0.39, 0.29) is 18.0 Å². The number of hydrogen-bond donors (Lipinski definition) is 1. The average molecular weight is 421 g/mol. The highest BCUT2D eigenvalue weighted by molar-refractivity contribution is 6.30. The molecule has 0 bridgehead atoms. The molecule has 2 aromatic rings. The molecule has 28 heavy (non-hydrogen) atoms. The molecule has 1 aliphatic rings. The van der Waals surface area contributed by atoms with Crippen LogP contribution in [-0.4, -0.2) is 41.0 Å². The molecular formula is C21H22Cl2N2O3. The Labute approximate surface area is 174 Å². The largest absolute Gasteiger partial charge is 0.481 e. The first kappa shape index (κ1) is 20.5. The number of amides is 1. The molecule has 1 N–H and O–H groups in total. The van der Waals surface area contributed by atoms with Gasteiger partial charge >= 0.3 is 5.97 Å². The van der Waals surface area contributed by atoms with Crippen molar-refractivity contribution in [2.75, 3.05) is 18.0 Å². The summed E-state index contributed by atoms with van der Waals surface area (Å²) in [7, 11) is 0. The molecule has 2 unspecified atom stereocenters. The van der Waals surface area contributed by atoms with Crippen molar-refractivity contribution in [2.45, 2.75) is 31.8 Å². The number of nitrogens with zero attached hydrogens (tertiary/aromatic N) is 2. The number of carboxylic acids is 1. The van der Waals surface area contributed by atoms with Crippen LogP contribution in [0, 0.1) is 0 Å². The standard InChI is InChI=1S/C21H22Cl2N2O3/c1-2-17-12-24(20(26)11-21(27)28)13-19(14-3-5-15(22)6-4-14)25(17)18-9-7-16(23)8-10-18/h3-10,17,19H,2,11-13H2,1H3,(H,27,28). The van der Waals surface area contributed by atoms with Crippen molar-refractivity contribution < 1.29 is 14.7 Å². The molecule has 0 aromatic heterocycles. The molecular weight excluding hydrogens is 399 g/mol. The Bertz CT molecular complexity index is 840. The fourth-order valence-corrected chi connectivity index (χ4v) is 3.95. The van der Waals surface area contributed by atoms with Crippen LogP contribution in [0.2, 0.25) is 10.0 Å². The SMILES string of the molecule is CCC1CN(C(=O)CC(=O)O)CC(c2ccc(Cl)cc2)N1c1ccc(Cl)cc1. The zero-order valence-corrected chi connectivity index (χ0v) is 17.0. The van der Waals surface area contributed by atoms with Crippen molar-refractivity contribution in [3.8, 4) is 0 Å². The number of carboxylic acid groups (broad SMARTS) is 1. The lowest BCUT2D eigenvalue weighted by molar-refractivity contribution is -0.144. The highest BCUT2D eigenvalue weighted by Gasteiger charge is 2.36. The van der Waals surface area contributed by atoms with Crippen molar-refractivity contribution >= 4 is 40.8 Å². The van der Waals surface area contributed by atoms with Gasteiger partial charge in [-0.25, -0.2) is 0 Å². The minimum atomic E-state index is -1.11. The van der Waals surface area contributed by atoms with Gasteiger partial charge in [-0.3, -0.25) is 9.59 Å². The van der Waals surface area contributed by atoms with Crippen molar-refractivity contribution in [3.05, 3.63) is 64.1 Å². The summed E-state index contributed by atoms with van der Waals surface area (Å²) in [6.07, 6.45) is 0.314. The highest BCUT2D eigenvalue weighted by Crippen LogP contribution is 2.36. The van der Waals surface area contributed by atoms with E-state index in [1.54, 1.807) is 4.90 Å². The molecule has 0 spiro atoms. The Morgan fingerprint density at radius 2 is 1.57 bits per heavy atom. The molecule has 1 aliphatic heterocycles. The summed E-state index contributed by atoms with van der Waals surface area (Å²) in [5.74, 6) is -1.47. The van der Waals surface area contributed by atoms with Gasteiger partial charge in [0.2, 0.25) is 5.91 Å². The normalized spacial score (nSPS) is 19.5. The third-order valence-electron chi connectivity index (χ3n) is 5.06. The topological polar surface area (TPSA) is 60.9 Å². The van der Waals surface area contributed by atoms with Gasteiger partial charge in [-0.15, -0.1) is 0 Å². The Morgan fingerprint density at radius 3 is 2.11 bits per heavy atom. The quantitative estimate of drug-likeness (QED) is 0.715. The highest BCUT2D eigenvalue weighted by atomic mass is 35.5. The molecule has 2 atom stereocenters. The van der Waals surface area contributed by atoms with Gasteiger partial charge in [0, 0.05) is 34.9 Å². The maximum absolute atomic E-state index is 12.5. The monoisotopic (exact) mass is 420 g/mol. The molecule has 1 heterocycles. The Kier molecular flexibility index (Phi) is 6.47. The fourth-order valence-electron chi connectivity index (χ4n) is 3.69.